The van der Waals surface area contributed by atoms with E-state index in [-0.39, 0.29) is 5.91 Å². The van der Waals surface area contributed by atoms with Crippen LogP contribution in [0.5, 0.6) is 0 Å². The molecule has 1 aliphatic heterocycles. The zero-order valence-corrected chi connectivity index (χ0v) is 13.8. The van der Waals surface area contributed by atoms with Gasteiger partial charge in [0.25, 0.3) is 5.91 Å². The van der Waals surface area contributed by atoms with Gasteiger partial charge in [-0.3, -0.25) is 19.1 Å². The van der Waals surface area contributed by atoms with Crippen molar-refractivity contribution in [2.45, 2.75) is 34.2 Å². The number of fused-ring (bicyclic) bond motifs is 2. The van der Waals surface area contributed by atoms with Crippen molar-refractivity contribution in [3.05, 3.63) is 22.6 Å². The van der Waals surface area contributed by atoms with Gasteiger partial charge in [0.1, 0.15) is 11.5 Å². The Morgan fingerprint density at radius 1 is 1.05 bits per heavy atom. The lowest BCUT2D eigenvalue weighted by Crippen LogP contribution is -2.32. The van der Waals surface area contributed by atoms with E-state index in [0.717, 1.165) is 28.5 Å². The van der Waals surface area contributed by atoms with Crippen LogP contribution in [0.4, 0.5) is 11.5 Å². The highest BCUT2D eigenvalue weighted by Crippen LogP contribution is 2.33. The number of rotatable bonds is 1. The molecule has 1 amide bonds. The molecule has 0 aliphatic carbocycles. The van der Waals surface area contributed by atoms with Crippen molar-refractivity contribution in [1.29, 1.82) is 0 Å². The Balaban J connectivity index is 2.38. The molecule has 0 saturated carbocycles. The summed E-state index contributed by atoms with van der Waals surface area (Å²) in [7, 11) is 3.61. The molecule has 0 radical (unpaired) electrons. The van der Waals surface area contributed by atoms with Crippen molar-refractivity contribution in [2.75, 3.05) is 11.9 Å². The number of aryl methyl sites for hydroxylation is 4. The maximum Gasteiger partial charge on any atom is 0.279 e. The monoisotopic (exact) mass is 300 g/mol. The summed E-state index contributed by atoms with van der Waals surface area (Å²) in [5, 5.41) is 8.89. The number of aromatic nitrogens is 4. The second kappa shape index (κ2) is 4.79. The summed E-state index contributed by atoms with van der Waals surface area (Å²) in [6.45, 7) is 8.36. The molecule has 3 heterocycles. The highest BCUT2D eigenvalue weighted by atomic mass is 16.2. The van der Waals surface area contributed by atoms with Gasteiger partial charge in [0.2, 0.25) is 0 Å². The summed E-state index contributed by atoms with van der Waals surface area (Å²) in [6, 6.07) is 0. The fourth-order valence-electron chi connectivity index (χ4n) is 3.08. The molecular formula is C15H20N6O. The van der Waals surface area contributed by atoms with Gasteiger partial charge in [-0.05, 0) is 27.7 Å². The average molecular weight is 300 g/mol. The van der Waals surface area contributed by atoms with Crippen LogP contribution in [-0.4, -0.2) is 38.2 Å². The van der Waals surface area contributed by atoms with E-state index in [1.165, 1.54) is 0 Å². The van der Waals surface area contributed by atoms with E-state index < -0.39 is 0 Å². The zero-order chi connectivity index (χ0) is 16.2. The number of aliphatic imine (C=N–C) groups is 1. The van der Waals surface area contributed by atoms with Crippen molar-refractivity contribution in [3.63, 3.8) is 0 Å². The Bertz CT molecular complexity index is 811. The maximum atomic E-state index is 13.0. The molecule has 0 fully saturated rings. The standard InChI is InChI=1S/C15H20N6O/c1-7-21-13-12(10(4)18-21)16-8(2)11-9(3)17-20(6)14(11)19(5)15(13)22/h7H2,1-6H3. The Morgan fingerprint density at radius 2 is 1.73 bits per heavy atom. The molecule has 7 nitrogen and oxygen atoms in total. The Kier molecular flexibility index (Phi) is 3.16. The minimum Gasteiger partial charge on any atom is -0.294 e. The first-order valence-electron chi connectivity index (χ1n) is 7.31. The lowest BCUT2D eigenvalue weighted by atomic mass is 10.1. The van der Waals surface area contributed by atoms with Gasteiger partial charge in [0.05, 0.1) is 22.7 Å². The predicted octanol–water partition coefficient (Wildman–Crippen LogP) is 1.98. The van der Waals surface area contributed by atoms with E-state index in [1.807, 2.05) is 34.7 Å². The van der Waals surface area contributed by atoms with E-state index in [9.17, 15) is 4.79 Å². The highest BCUT2D eigenvalue weighted by Gasteiger charge is 2.31. The van der Waals surface area contributed by atoms with Crippen molar-refractivity contribution < 1.29 is 4.79 Å². The van der Waals surface area contributed by atoms with Crippen molar-refractivity contribution in [2.24, 2.45) is 12.0 Å². The minimum atomic E-state index is -0.113. The molecule has 0 bridgehead atoms. The number of carbonyl (C=O) groups is 1. The summed E-state index contributed by atoms with van der Waals surface area (Å²) >= 11 is 0. The molecule has 0 N–H and O–H groups in total. The topological polar surface area (TPSA) is 68.3 Å². The molecule has 0 unspecified atom stereocenters. The first-order valence-corrected chi connectivity index (χ1v) is 7.31. The van der Waals surface area contributed by atoms with Crippen molar-refractivity contribution in [3.8, 4) is 0 Å². The molecule has 22 heavy (non-hydrogen) atoms. The lowest BCUT2D eigenvalue weighted by molar-refractivity contribution is 0.0982. The van der Waals surface area contributed by atoms with Gasteiger partial charge in [0.15, 0.2) is 5.69 Å². The molecule has 0 saturated heterocycles. The van der Waals surface area contributed by atoms with Gasteiger partial charge < -0.3 is 0 Å². The average Bonchev–Trinajstić information content (AvgIpc) is 2.93. The van der Waals surface area contributed by atoms with Crippen LogP contribution in [0.15, 0.2) is 4.99 Å². The Morgan fingerprint density at radius 3 is 2.36 bits per heavy atom. The lowest BCUT2D eigenvalue weighted by Gasteiger charge is -2.22. The third-order valence-electron chi connectivity index (χ3n) is 4.05. The van der Waals surface area contributed by atoms with Crippen molar-refractivity contribution >= 4 is 23.1 Å². The number of anilines is 1. The van der Waals surface area contributed by atoms with E-state index in [2.05, 4.69) is 10.2 Å². The molecule has 0 spiro atoms. The fraction of sp³-hybridized carbons (Fsp3) is 0.467. The van der Waals surface area contributed by atoms with Crippen LogP contribution in [-0.2, 0) is 13.6 Å². The second-order valence-electron chi connectivity index (χ2n) is 5.57. The predicted molar refractivity (Wildman–Crippen MR) is 85.2 cm³/mol. The van der Waals surface area contributed by atoms with Gasteiger partial charge in [-0.15, -0.1) is 0 Å². The molecule has 1 aliphatic rings. The number of carbonyl (C=O) groups excluding carboxylic acids is 1. The molecule has 3 rings (SSSR count). The summed E-state index contributed by atoms with van der Waals surface area (Å²) in [5.74, 6) is 0.647. The van der Waals surface area contributed by atoms with Gasteiger partial charge in [-0.2, -0.15) is 10.2 Å². The zero-order valence-electron chi connectivity index (χ0n) is 13.8. The molecule has 116 valence electrons. The summed E-state index contributed by atoms with van der Waals surface area (Å²) in [5.41, 5.74) is 4.58. The van der Waals surface area contributed by atoms with Crippen LogP contribution >= 0.6 is 0 Å². The van der Waals surface area contributed by atoms with Crippen molar-refractivity contribution in [1.82, 2.24) is 19.6 Å². The first-order chi connectivity index (χ1) is 10.4. The molecule has 0 aromatic carbocycles. The van der Waals surface area contributed by atoms with Crippen LogP contribution in [0.1, 0.15) is 41.3 Å². The van der Waals surface area contributed by atoms with Crippen LogP contribution in [0.2, 0.25) is 0 Å². The van der Waals surface area contributed by atoms with Crippen LogP contribution < -0.4 is 4.90 Å². The Hall–Kier alpha value is -2.44. The van der Waals surface area contributed by atoms with Crippen LogP contribution in [0.3, 0.4) is 0 Å². The largest absolute Gasteiger partial charge is 0.294 e. The summed E-state index contributed by atoms with van der Waals surface area (Å²) in [6.07, 6.45) is 0. The third-order valence-corrected chi connectivity index (χ3v) is 4.05. The number of amides is 1. The molecule has 7 heteroatoms. The minimum absolute atomic E-state index is 0.113. The van der Waals surface area contributed by atoms with Crippen LogP contribution in [0.25, 0.3) is 0 Å². The number of hydrogen-bond acceptors (Lipinski definition) is 4. The second-order valence-corrected chi connectivity index (χ2v) is 5.57. The van der Waals surface area contributed by atoms with Crippen LogP contribution in [0, 0.1) is 13.8 Å². The maximum absolute atomic E-state index is 13.0. The molecule has 2 aromatic rings. The smallest absolute Gasteiger partial charge is 0.279 e. The van der Waals surface area contributed by atoms with E-state index in [0.29, 0.717) is 17.9 Å². The molecule has 2 aromatic heterocycles. The normalized spacial score (nSPS) is 14.4. The highest BCUT2D eigenvalue weighted by molar-refractivity contribution is 6.15. The number of hydrogen-bond donors (Lipinski definition) is 0. The van der Waals surface area contributed by atoms with Gasteiger partial charge in [-0.25, -0.2) is 4.99 Å². The Labute approximate surface area is 129 Å². The third kappa shape index (κ3) is 1.81. The SMILES string of the molecule is CCn1nc(C)c2c1C(=O)N(C)c1c(c(C)nn1C)C(C)=N2. The van der Waals surface area contributed by atoms with E-state index >= 15 is 0 Å². The fourth-order valence-corrected chi connectivity index (χ4v) is 3.08. The number of nitrogens with zero attached hydrogens (tertiary/aromatic N) is 6. The van der Waals surface area contributed by atoms with Gasteiger partial charge >= 0.3 is 0 Å². The summed E-state index contributed by atoms with van der Waals surface area (Å²) in [4.78, 5) is 19.3. The molecular weight excluding hydrogens is 280 g/mol. The van der Waals surface area contributed by atoms with E-state index in [1.54, 1.807) is 21.3 Å². The van der Waals surface area contributed by atoms with Gasteiger partial charge in [-0.1, -0.05) is 0 Å². The summed E-state index contributed by atoms with van der Waals surface area (Å²) < 4.78 is 3.45. The molecule has 0 atom stereocenters. The first kappa shape index (κ1) is 14.5. The van der Waals surface area contributed by atoms with E-state index in [4.69, 9.17) is 4.99 Å². The van der Waals surface area contributed by atoms with Gasteiger partial charge in [0, 0.05) is 20.6 Å². The quantitative estimate of drug-likeness (QED) is 0.808.